The van der Waals surface area contributed by atoms with Crippen LogP contribution >= 0.6 is 21.4 Å². The molecule has 0 atom stereocenters. The van der Waals surface area contributed by atoms with E-state index in [1.807, 2.05) is 60.7 Å². The summed E-state index contributed by atoms with van der Waals surface area (Å²) in [5, 5.41) is 0. The van der Waals surface area contributed by atoms with E-state index in [0.717, 1.165) is 11.5 Å². The van der Waals surface area contributed by atoms with E-state index in [4.69, 9.17) is 9.05 Å². The van der Waals surface area contributed by atoms with E-state index >= 15 is 0 Å². The number of benzene rings is 2. The summed E-state index contributed by atoms with van der Waals surface area (Å²) in [6, 6.07) is 19.3. The zero-order valence-electron chi connectivity index (χ0n) is 8.50. The van der Waals surface area contributed by atoms with Gasteiger partial charge in [-0.1, -0.05) is 36.4 Å². The molecule has 0 aliphatic heterocycles. The molecule has 0 bridgehead atoms. The molecule has 84 valence electrons. The molecule has 0 saturated heterocycles. The predicted octanol–water partition coefficient (Wildman–Crippen LogP) is 4.07. The van der Waals surface area contributed by atoms with Gasteiger partial charge in [0.05, 0.1) is 0 Å². The number of hydrogen-bond acceptors (Lipinski definition) is 2. The van der Waals surface area contributed by atoms with Crippen molar-refractivity contribution in [1.29, 1.82) is 0 Å². The maximum Gasteiger partial charge on any atom is 0.275 e. The van der Waals surface area contributed by atoms with Crippen molar-refractivity contribution in [2.45, 2.75) is 0 Å². The first-order chi connectivity index (χ1) is 7.45. The lowest BCUT2D eigenvalue weighted by molar-refractivity contribution is 0.516. The van der Waals surface area contributed by atoms with Crippen LogP contribution < -0.4 is 9.05 Å². The van der Waals surface area contributed by atoms with Gasteiger partial charge in [-0.3, -0.25) is 0 Å². The van der Waals surface area contributed by atoms with Crippen molar-refractivity contribution in [1.82, 2.24) is 0 Å². The van der Waals surface area contributed by atoms with E-state index in [1.165, 1.54) is 0 Å². The lowest BCUT2D eigenvalue weighted by atomic mass is 10.3. The van der Waals surface area contributed by atoms with Crippen LogP contribution in [0.4, 0.5) is 0 Å². The first kappa shape index (κ1) is 12.8. The summed E-state index contributed by atoms with van der Waals surface area (Å²) >= 11 is 0. The number of hydrogen-bond donors (Lipinski definition) is 0. The smallest absolute Gasteiger partial charge is 0.275 e. The molecule has 0 aliphatic rings. The molecule has 16 heavy (non-hydrogen) atoms. The van der Waals surface area contributed by atoms with Gasteiger partial charge in [-0.25, -0.2) is 0 Å². The van der Waals surface area contributed by atoms with E-state index in [1.54, 1.807) is 0 Å². The fraction of sp³-hybridized carbons (Fsp3) is 0. The van der Waals surface area contributed by atoms with Gasteiger partial charge in [-0.15, -0.1) is 12.4 Å². The monoisotopic (exact) mass is 254 g/mol. The Hall–Kier alpha value is -1.24. The Balaban J connectivity index is 0.00000128. The Kier molecular flexibility index (Phi) is 5.69. The molecule has 0 N–H and O–H groups in total. The number of rotatable bonds is 4. The van der Waals surface area contributed by atoms with Gasteiger partial charge < -0.3 is 9.05 Å². The zero-order valence-corrected chi connectivity index (χ0v) is 10.3. The van der Waals surface area contributed by atoms with Crippen molar-refractivity contribution in [2.24, 2.45) is 0 Å². The summed E-state index contributed by atoms with van der Waals surface area (Å²) in [6.07, 6.45) is 0. The molecule has 0 heterocycles. The van der Waals surface area contributed by atoms with E-state index in [-0.39, 0.29) is 21.4 Å². The average molecular weight is 255 g/mol. The molecule has 0 amide bonds. The fourth-order valence-electron chi connectivity index (χ4n) is 1.09. The molecule has 2 aromatic rings. The first-order valence-electron chi connectivity index (χ1n) is 4.64. The second kappa shape index (κ2) is 7.10. The van der Waals surface area contributed by atoms with Gasteiger partial charge in [-0.2, -0.15) is 0 Å². The molecular weight excluding hydrogens is 243 g/mol. The molecule has 0 radical (unpaired) electrons. The van der Waals surface area contributed by atoms with Crippen LogP contribution in [0.15, 0.2) is 60.7 Å². The molecular formula is C12H12ClO2P. The van der Waals surface area contributed by atoms with Crippen molar-refractivity contribution in [3.63, 3.8) is 0 Å². The van der Waals surface area contributed by atoms with Crippen LogP contribution in [0.1, 0.15) is 0 Å². The summed E-state index contributed by atoms with van der Waals surface area (Å²) in [5.41, 5.74) is 0. The molecule has 0 unspecified atom stereocenters. The highest BCUT2D eigenvalue weighted by molar-refractivity contribution is 7.27. The Morgan fingerprint density at radius 1 is 0.625 bits per heavy atom. The summed E-state index contributed by atoms with van der Waals surface area (Å²) in [4.78, 5) is 0. The molecule has 0 saturated carbocycles. The largest absolute Gasteiger partial charge is 0.441 e. The molecule has 0 aromatic heterocycles. The topological polar surface area (TPSA) is 18.5 Å². The number of para-hydroxylation sites is 2. The Morgan fingerprint density at radius 3 is 1.38 bits per heavy atom. The molecule has 0 fully saturated rings. The van der Waals surface area contributed by atoms with Crippen molar-refractivity contribution in [2.75, 3.05) is 0 Å². The standard InChI is InChI=1S/C12H11O2P.ClH/c1-3-7-11(8-4-1)13-15-14-12-9-5-2-6-10-12;/h1-10,15H;1H. The maximum absolute atomic E-state index is 5.42. The second-order valence-electron chi connectivity index (χ2n) is 2.91. The van der Waals surface area contributed by atoms with Gasteiger partial charge in [0.15, 0.2) is 0 Å². The third kappa shape index (κ3) is 4.09. The second-order valence-corrected chi connectivity index (χ2v) is 3.49. The molecule has 4 heteroatoms. The highest BCUT2D eigenvalue weighted by Crippen LogP contribution is 2.23. The highest BCUT2D eigenvalue weighted by atomic mass is 35.5. The average Bonchev–Trinajstić information content (AvgIpc) is 2.32. The van der Waals surface area contributed by atoms with Crippen molar-refractivity contribution < 1.29 is 9.05 Å². The van der Waals surface area contributed by atoms with Crippen LogP contribution in [0.3, 0.4) is 0 Å². The van der Waals surface area contributed by atoms with Crippen LogP contribution in [-0.4, -0.2) is 0 Å². The Labute approximate surface area is 103 Å². The van der Waals surface area contributed by atoms with Crippen LogP contribution in [0.2, 0.25) is 0 Å². The van der Waals surface area contributed by atoms with Gasteiger partial charge in [0.1, 0.15) is 11.5 Å². The minimum atomic E-state index is -0.0129. The van der Waals surface area contributed by atoms with E-state index in [2.05, 4.69) is 0 Å². The molecule has 2 rings (SSSR count). The lowest BCUT2D eigenvalue weighted by Crippen LogP contribution is -1.83. The zero-order chi connectivity index (χ0) is 10.3. The van der Waals surface area contributed by atoms with Gasteiger partial charge in [0.25, 0.3) is 9.03 Å². The van der Waals surface area contributed by atoms with Crippen LogP contribution in [0, 0.1) is 0 Å². The highest BCUT2D eigenvalue weighted by Gasteiger charge is 1.93. The lowest BCUT2D eigenvalue weighted by Gasteiger charge is -2.06. The Morgan fingerprint density at radius 2 is 1.00 bits per heavy atom. The van der Waals surface area contributed by atoms with E-state index in [0.29, 0.717) is 0 Å². The Bertz CT molecular complexity index is 355. The minimum Gasteiger partial charge on any atom is -0.441 e. The van der Waals surface area contributed by atoms with Crippen LogP contribution in [-0.2, 0) is 0 Å². The van der Waals surface area contributed by atoms with Crippen molar-refractivity contribution in [3.05, 3.63) is 60.7 Å². The molecule has 0 spiro atoms. The van der Waals surface area contributed by atoms with E-state index in [9.17, 15) is 0 Å². The third-order valence-electron chi connectivity index (χ3n) is 1.81. The fourth-order valence-corrected chi connectivity index (χ4v) is 1.60. The quantitative estimate of drug-likeness (QED) is 0.766. The third-order valence-corrected chi connectivity index (χ3v) is 2.44. The maximum atomic E-state index is 5.42. The molecule has 2 nitrogen and oxygen atoms in total. The van der Waals surface area contributed by atoms with Gasteiger partial charge >= 0.3 is 0 Å². The van der Waals surface area contributed by atoms with Crippen molar-refractivity contribution >= 4 is 21.4 Å². The first-order valence-corrected chi connectivity index (χ1v) is 5.45. The number of halogens is 1. The van der Waals surface area contributed by atoms with E-state index < -0.39 is 0 Å². The summed E-state index contributed by atoms with van der Waals surface area (Å²) in [6.45, 7) is 0. The summed E-state index contributed by atoms with van der Waals surface area (Å²) < 4.78 is 10.8. The van der Waals surface area contributed by atoms with Gasteiger partial charge in [0, 0.05) is 0 Å². The van der Waals surface area contributed by atoms with Gasteiger partial charge in [0.2, 0.25) is 0 Å². The predicted molar refractivity (Wildman–Crippen MR) is 69.7 cm³/mol. The SMILES string of the molecule is Cl.c1ccc(OPOc2ccccc2)cc1. The normalized spacial score (nSPS) is 9.00. The van der Waals surface area contributed by atoms with Gasteiger partial charge in [-0.05, 0) is 24.3 Å². The van der Waals surface area contributed by atoms with Crippen LogP contribution in [0.25, 0.3) is 0 Å². The molecule has 2 aromatic carbocycles. The summed E-state index contributed by atoms with van der Waals surface area (Å²) in [5.74, 6) is 1.65. The summed E-state index contributed by atoms with van der Waals surface area (Å²) in [7, 11) is -0.0129. The van der Waals surface area contributed by atoms with Crippen molar-refractivity contribution in [3.8, 4) is 11.5 Å². The van der Waals surface area contributed by atoms with Crippen LogP contribution in [0.5, 0.6) is 11.5 Å². The molecule has 0 aliphatic carbocycles. The minimum absolute atomic E-state index is 0.